The normalized spacial score (nSPS) is 16.7. The molecular formula is C21H20BrFN4O2. The molecule has 0 radical (unpaired) electrons. The minimum atomic E-state index is -0.470. The highest BCUT2D eigenvalue weighted by molar-refractivity contribution is 9.10. The number of halogens is 2. The number of ether oxygens (including phenoxy) is 1. The van der Waals surface area contributed by atoms with Gasteiger partial charge in [-0.2, -0.15) is 0 Å². The first-order valence-electron chi connectivity index (χ1n) is 9.37. The summed E-state index contributed by atoms with van der Waals surface area (Å²) in [4.78, 5) is 24.0. The number of fused-ring (bicyclic) bond motifs is 1. The first-order chi connectivity index (χ1) is 14.0. The lowest BCUT2D eigenvalue weighted by molar-refractivity contribution is -0.120. The lowest BCUT2D eigenvalue weighted by atomic mass is 9.97. The van der Waals surface area contributed by atoms with Crippen LogP contribution >= 0.6 is 15.9 Å². The van der Waals surface area contributed by atoms with E-state index in [-0.39, 0.29) is 17.5 Å². The molecule has 8 heteroatoms. The second-order valence-electron chi connectivity index (χ2n) is 6.94. The van der Waals surface area contributed by atoms with Crippen molar-refractivity contribution in [3.63, 3.8) is 0 Å². The van der Waals surface area contributed by atoms with Gasteiger partial charge in [-0.05, 0) is 43.2 Å². The van der Waals surface area contributed by atoms with Gasteiger partial charge in [-0.3, -0.25) is 4.79 Å². The Bertz CT molecular complexity index is 1060. The molecule has 1 aliphatic heterocycles. The fraction of sp³-hybridized carbons (Fsp3) is 0.286. The summed E-state index contributed by atoms with van der Waals surface area (Å²) in [5.74, 6) is 0.0955. The average molecular weight is 459 g/mol. The number of nitrogens with one attached hydrogen (secondary N) is 1. The molecule has 0 unspecified atom stereocenters. The van der Waals surface area contributed by atoms with Gasteiger partial charge < -0.3 is 15.0 Å². The highest BCUT2D eigenvalue weighted by Gasteiger charge is 2.29. The summed E-state index contributed by atoms with van der Waals surface area (Å²) in [6.07, 6.45) is 1.54. The van der Waals surface area contributed by atoms with Crippen LogP contribution in [0.5, 0.6) is 5.88 Å². The Hall–Kier alpha value is -2.74. The van der Waals surface area contributed by atoms with E-state index in [0.29, 0.717) is 22.7 Å². The van der Waals surface area contributed by atoms with Crippen molar-refractivity contribution >= 4 is 44.4 Å². The second-order valence-corrected chi connectivity index (χ2v) is 7.86. The first kappa shape index (κ1) is 19.6. The average Bonchev–Trinajstić information content (AvgIpc) is 2.74. The molecule has 0 bridgehead atoms. The van der Waals surface area contributed by atoms with Crippen molar-refractivity contribution in [3.05, 3.63) is 52.8 Å². The largest absolute Gasteiger partial charge is 0.478 e. The number of carbonyl (C=O) groups excluding carboxylic acids is 1. The van der Waals surface area contributed by atoms with Gasteiger partial charge in [0.15, 0.2) is 5.82 Å². The molecule has 1 fully saturated rings. The number of hydrogen-bond donors (Lipinski definition) is 1. The number of nitrogens with zero attached hydrogens (tertiary/aromatic N) is 3. The van der Waals surface area contributed by atoms with Crippen LogP contribution in [0.4, 0.5) is 15.9 Å². The first-order valence-corrected chi connectivity index (χ1v) is 10.2. The standard InChI is InChI=1S/C21H20BrFN4O2/c1-29-21-19(24-17-6-2-3-7-18(17)26-21)27-10-4-5-13(12-27)20(28)25-16-9-8-14(22)11-15(16)23/h2-3,6-9,11,13H,4-5,10,12H2,1H3,(H,25,28)/t13-/m1/s1. The van der Waals surface area contributed by atoms with Gasteiger partial charge in [-0.25, -0.2) is 14.4 Å². The summed E-state index contributed by atoms with van der Waals surface area (Å²) < 4.78 is 20.2. The second kappa shape index (κ2) is 8.32. The van der Waals surface area contributed by atoms with Gasteiger partial charge >= 0.3 is 0 Å². The third kappa shape index (κ3) is 4.17. The molecule has 1 N–H and O–H groups in total. The fourth-order valence-electron chi connectivity index (χ4n) is 3.53. The Balaban J connectivity index is 1.55. The molecule has 1 atom stereocenters. The van der Waals surface area contributed by atoms with Crippen LogP contribution < -0.4 is 15.0 Å². The molecule has 4 rings (SSSR count). The number of anilines is 2. The van der Waals surface area contributed by atoms with Crippen LogP contribution in [0.15, 0.2) is 46.9 Å². The maximum Gasteiger partial charge on any atom is 0.257 e. The number of para-hydroxylation sites is 2. The van der Waals surface area contributed by atoms with E-state index in [4.69, 9.17) is 9.72 Å². The summed E-state index contributed by atoms with van der Waals surface area (Å²) in [7, 11) is 1.56. The van der Waals surface area contributed by atoms with Gasteiger partial charge in [-0.15, -0.1) is 0 Å². The Labute approximate surface area is 176 Å². The van der Waals surface area contributed by atoms with E-state index >= 15 is 0 Å². The van der Waals surface area contributed by atoms with Gasteiger partial charge in [0.2, 0.25) is 5.91 Å². The van der Waals surface area contributed by atoms with Gasteiger partial charge in [0.25, 0.3) is 5.88 Å². The van der Waals surface area contributed by atoms with Crippen LogP contribution in [0.25, 0.3) is 11.0 Å². The van der Waals surface area contributed by atoms with Gasteiger partial charge in [0.1, 0.15) is 5.82 Å². The van der Waals surface area contributed by atoms with Crippen molar-refractivity contribution in [1.82, 2.24) is 9.97 Å². The monoisotopic (exact) mass is 458 g/mol. The van der Waals surface area contributed by atoms with Gasteiger partial charge in [0.05, 0.1) is 29.7 Å². The van der Waals surface area contributed by atoms with Crippen molar-refractivity contribution in [2.75, 3.05) is 30.4 Å². The Morgan fingerprint density at radius 1 is 1.24 bits per heavy atom. The Morgan fingerprint density at radius 2 is 2.00 bits per heavy atom. The van der Waals surface area contributed by atoms with E-state index in [1.807, 2.05) is 29.2 Å². The zero-order valence-electron chi connectivity index (χ0n) is 15.9. The predicted octanol–water partition coefficient (Wildman–Crippen LogP) is 4.40. The number of amides is 1. The van der Waals surface area contributed by atoms with Crippen molar-refractivity contribution in [2.45, 2.75) is 12.8 Å². The minimum absolute atomic E-state index is 0.179. The van der Waals surface area contributed by atoms with Gasteiger partial charge in [0, 0.05) is 17.6 Å². The maximum atomic E-state index is 14.1. The topological polar surface area (TPSA) is 67.4 Å². The van der Waals surface area contributed by atoms with Crippen molar-refractivity contribution in [1.29, 1.82) is 0 Å². The zero-order valence-corrected chi connectivity index (χ0v) is 17.4. The van der Waals surface area contributed by atoms with Crippen molar-refractivity contribution in [2.24, 2.45) is 5.92 Å². The molecule has 1 saturated heterocycles. The number of carbonyl (C=O) groups is 1. The summed E-state index contributed by atoms with van der Waals surface area (Å²) >= 11 is 3.22. The van der Waals surface area contributed by atoms with E-state index in [1.54, 1.807) is 19.2 Å². The molecule has 2 heterocycles. The minimum Gasteiger partial charge on any atom is -0.478 e. The van der Waals surface area contributed by atoms with E-state index in [0.717, 1.165) is 30.4 Å². The Morgan fingerprint density at radius 3 is 2.72 bits per heavy atom. The molecule has 3 aromatic rings. The smallest absolute Gasteiger partial charge is 0.257 e. The SMILES string of the molecule is COc1nc2ccccc2nc1N1CCC[C@@H](C(=O)Nc2ccc(Br)cc2F)C1. The molecule has 29 heavy (non-hydrogen) atoms. The molecule has 0 saturated carbocycles. The van der Waals surface area contributed by atoms with Crippen molar-refractivity contribution in [3.8, 4) is 5.88 Å². The van der Waals surface area contributed by atoms with Crippen LogP contribution in [-0.2, 0) is 4.79 Å². The fourth-order valence-corrected chi connectivity index (χ4v) is 3.86. The van der Waals surface area contributed by atoms with E-state index in [1.165, 1.54) is 6.07 Å². The van der Waals surface area contributed by atoms with Crippen molar-refractivity contribution < 1.29 is 13.9 Å². The van der Waals surface area contributed by atoms with Crippen LogP contribution in [0.2, 0.25) is 0 Å². The molecule has 0 aliphatic carbocycles. The number of aromatic nitrogens is 2. The number of methoxy groups -OCH3 is 1. The van der Waals surface area contributed by atoms with E-state index in [9.17, 15) is 9.18 Å². The molecular weight excluding hydrogens is 439 g/mol. The molecule has 1 amide bonds. The highest BCUT2D eigenvalue weighted by atomic mass is 79.9. The molecule has 1 aromatic heterocycles. The number of hydrogen-bond acceptors (Lipinski definition) is 5. The quantitative estimate of drug-likeness (QED) is 0.627. The van der Waals surface area contributed by atoms with E-state index < -0.39 is 5.82 Å². The van der Waals surface area contributed by atoms with Crippen LogP contribution in [0, 0.1) is 11.7 Å². The van der Waals surface area contributed by atoms with Crippen LogP contribution in [-0.4, -0.2) is 36.1 Å². The molecule has 2 aromatic carbocycles. The zero-order chi connectivity index (χ0) is 20.4. The molecule has 6 nitrogen and oxygen atoms in total. The summed E-state index contributed by atoms with van der Waals surface area (Å²) in [6.45, 7) is 1.22. The number of benzene rings is 2. The van der Waals surface area contributed by atoms with Crippen LogP contribution in [0.1, 0.15) is 12.8 Å². The van der Waals surface area contributed by atoms with Crippen LogP contribution in [0.3, 0.4) is 0 Å². The number of piperidine rings is 1. The van der Waals surface area contributed by atoms with E-state index in [2.05, 4.69) is 26.2 Å². The maximum absolute atomic E-state index is 14.1. The third-order valence-corrected chi connectivity index (χ3v) is 5.49. The highest BCUT2D eigenvalue weighted by Crippen LogP contribution is 2.31. The lowest BCUT2D eigenvalue weighted by Gasteiger charge is -2.33. The third-order valence-electron chi connectivity index (χ3n) is 5.00. The molecule has 150 valence electrons. The molecule has 1 aliphatic rings. The predicted molar refractivity (Wildman–Crippen MR) is 114 cm³/mol. The number of rotatable bonds is 4. The molecule has 0 spiro atoms. The van der Waals surface area contributed by atoms with Gasteiger partial charge in [-0.1, -0.05) is 28.1 Å². The summed E-state index contributed by atoms with van der Waals surface area (Å²) in [6, 6.07) is 12.2. The lowest BCUT2D eigenvalue weighted by Crippen LogP contribution is -2.41. The Kier molecular flexibility index (Phi) is 5.62. The summed E-state index contributed by atoms with van der Waals surface area (Å²) in [5, 5.41) is 2.71. The summed E-state index contributed by atoms with van der Waals surface area (Å²) in [5.41, 5.74) is 1.70.